The summed E-state index contributed by atoms with van der Waals surface area (Å²) in [6.45, 7) is 4.30. The molecule has 3 rings (SSSR count). The van der Waals surface area contributed by atoms with Gasteiger partial charge in [-0.2, -0.15) is 5.10 Å². The van der Waals surface area contributed by atoms with Crippen LogP contribution in [0.5, 0.6) is 0 Å². The van der Waals surface area contributed by atoms with Crippen LogP contribution in [0.1, 0.15) is 40.4 Å². The van der Waals surface area contributed by atoms with Gasteiger partial charge in [0.2, 0.25) is 0 Å². The summed E-state index contributed by atoms with van der Waals surface area (Å²) in [6.07, 6.45) is 4.87. The van der Waals surface area contributed by atoms with Gasteiger partial charge in [-0.25, -0.2) is 0 Å². The molecule has 3 aromatic rings. The zero-order valence-electron chi connectivity index (χ0n) is 12.8. The average molecular weight is 313 g/mol. The molecule has 0 bridgehead atoms. The zero-order valence-corrected chi connectivity index (χ0v) is 13.6. The Hall–Kier alpha value is -2.14. The van der Waals surface area contributed by atoms with Crippen LogP contribution in [0, 0.1) is 0 Å². The van der Waals surface area contributed by atoms with E-state index in [4.69, 9.17) is 0 Å². The van der Waals surface area contributed by atoms with Crippen LogP contribution in [0.4, 0.5) is 5.69 Å². The van der Waals surface area contributed by atoms with E-state index in [1.54, 1.807) is 17.5 Å². The molecule has 0 aliphatic rings. The molecule has 2 aromatic heterocycles. The van der Waals surface area contributed by atoms with Gasteiger partial charge in [-0.05, 0) is 42.7 Å². The molecule has 0 radical (unpaired) electrons. The minimum Gasteiger partial charge on any atom is -0.321 e. The van der Waals surface area contributed by atoms with Crippen LogP contribution >= 0.6 is 11.3 Å². The molecule has 0 aliphatic heterocycles. The van der Waals surface area contributed by atoms with E-state index >= 15 is 0 Å². The summed E-state index contributed by atoms with van der Waals surface area (Å²) < 4.78 is 0. The number of thiophene rings is 1. The molecule has 0 spiro atoms. The number of hydrogen-bond acceptors (Lipinski definition) is 3. The van der Waals surface area contributed by atoms with Crippen LogP contribution in [0.3, 0.4) is 0 Å². The fraction of sp³-hybridized carbons (Fsp3) is 0.294. The van der Waals surface area contributed by atoms with E-state index in [9.17, 15) is 4.79 Å². The Labute approximate surface area is 133 Å². The third kappa shape index (κ3) is 2.90. The quantitative estimate of drug-likeness (QED) is 0.734. The molecule has 0 saturated carbocycles. The molecule has 0 saturated heterocycles. The number of fused-ring (bicyclic) bond motifs is 1. The summed E-state index contributed by atoms with van der Waals surface area (Å²) >= 11 is 1.61. The molecule has 22 heavy (non-hydrogen) atoms. The molecule has 0 atom stereocenters. The molecule has 2 N–H and O–H groups in total. The first-order valence-corrected chi connectivity index (χ1v) is 8.39. The number of anilines is 1. The second-order valence-electron chi connectivity index (χ2n) is 5.29. The smallest absolute Gasteiger partial charge is 0.265 e. The molecule has 5 heteroatoms. The van der Waals surface area contributed by atoms with Crippen molar-refractivity contribution in [1.29, 1.82) is 0 Å². The summed E-state index contributed by atoms with van der Waals surface area (Å²) in [5, 5.41) is 10.9. The number of carbonyl (C=O) groups excluding carboxylic acids is 1. The first kappa shape index (κ1) is 14.8. The fourth-order valence-corrected chi connectivity index (χ4v) is 3.78. The molecule has 1 amide bonds. The molecule has 2 heterocycles. The van der Waals surface area contributed by atoms with E-state index in [1.807, 2.05) is 24.3 Å². The molecule has 114 valence electrons. The maximum Gasteiger partial charge on any atom is 0.265 e. The number of benzene rings is 1. The molecular weight excluding hydrogens is 294 g/mol. The summed E-state index contributed by atoms with van der Waals surface area (Å²) in [7, 11) is 0. The van der Waals surface area contributed by atoms with Gasteiger partial charge < -0.3 is 5.32 Å². The van der Waals surface area contributed by atoms with Gasteiger partial charge in [0.25, 0.3) is 5.91 Å². The van der Waals surface area contributed by atoms with Gasteiger partial charge in [0, 0.05) is 16.0 Å². The Morgan fingerprint density at radius 3 is 2.95 bits per heavy atom. The maximum atomic E-state index is 12.5. The summed E-state index contributed by atoms with van der Waals surface area (Å²) in [5.74, 6) is -0.0371. The van der Waals surface area contributed by atoms with Gasteiger partial charge in [0.05, 0.1) is 16.6 Å². The number of aromatic amines is 1. The van der Waals surface area contributed by atoms with Crippen molar-refractivity contribution in [3.8, 4) is 0 Å². The van der Waals surface area contributed by atoms with Crippen LogP contribution in [-0.2, 0) is 12.8 Å². The van der Waals surface area contributed by atoms with Gasteiger partial charge in [-0.1, -0.05) is 20.3 Å². The van der Waals surface area contributed by atoms with Gasteiger partial charge in [-0.15, -0.1) is 11.3 Å². The maximum absolute atomic E-state index is 12.5. The van der Waals surface area contributed by atoms with Gasteiger partial charge in [0.1, 0.15) is 0 Å². The summed E-state index contributed by atoms with van der Waals surface area (Å²) in [5.41, 5.74) is 3.05. The van der Waals surface area contributed by atoms with E-state index in [2.05, 4.69) is 29.4 Å². The number of nitrogens with one attached hydrogen (secondary N) is 2. The molecule has 0 fully saturated rings. The number of carbonyl (C=O) groups is 1. The lowest BCUT2D eigenvalue weighted by Gasteiger charge is -2.03. The third-order valence-corrected chi connectivity index (χ3v) is 4.91. The number of amides is 1. The van der Waals surface area contributed by atoms with E-state index in [1.165, 1.54) is 10.4 Å². The topological polar surface area (TPSA) is 57.8 Å². The lowest BCUT2D eigenvalue weighted by atomic mass is 10.1. The Kier molecular flexibility index (Phi) is 4.24. The first-order chi connectivity index (χ1) is 10.7. The number of aromatic nitrogens is 2. The molecule has 1 aromatic carbocycles. The normalized spacial score (nSPS) is 11.0. The highest BCUT2D eigenvalue weighted by atomic mass is 32.1. The standard InChI is InChI=1S/C17H19N3OS/c1-3-5-15-11(4-2)9-16(22-15)17(21)19-13-6-7-14-12(8-13)10-18-20-14/h6-10H,3-5H2,1-2H3,(H,18,20)(H,19,21). The highest BCUT2D eigenvalue weighted by molar-refractivity contribution is 7.14. The number of nitrogens with zero attached hydrogens (tertiary/aromatic N) is 1. The molecule has 4 nitrogen and oxygen atoms in total. The lowest BCUT2D eigenvalue weighted by Crippen LogP contribution is -2.09. The molecule has 0 unspecified atom stereocenters. The number of hydrogen-bond donors (Lipinski definition) is 2. The van der Waals surface area contributed by atoms with Crippen molar-refractivity contribution in [3.05, 3.63) is 45.8 Å². The SMILES string of the molecule is CCCc1sc(C(=O)Nc2ccc3[nH]ncc3c2)cc1CC. The fourth-order valence-electron chi connectivity index (χ4n) is 2.53. The highest BCUT2D eigenvalue weighted by Crippen LogP contribution is 2.26. The zero-order chi connectivity index (χ0) is 15.5. The van der Waals surface area contributed by atoms with Crippen molar-refractivity contribution in [1.82, 2.24) is 10.2 Å². The second kappa shape index (κ2) is 6.32. The molecule has 0 aliphatic carbocycles. The minimum absolute atomic E-state index is 0.0371. The van der Waals surface area contributed by atoms with E-state index in [0.29, 0.717) is 0 Å². The third-order valence-electron chi connectivity index (χ3n) is 3.68. The van der Waals surface area contributed by atoms with E-state index < -0.39 is 0 Å². The largest absolute Gasteiger partial charge is 0.321 e. The van der Waals surface area contributed by atoms with E-state index in [0.717, 1.165) is 40.7 Å². The Morgan fingerprint density at radius 1 is 1.32 bits per heavy atom. The second-order valence-corrected chi connectivity index (χ2v) is 6.43. The van der Waals surface area contributed by atoms with Crippen LogP contribution in [0.2, 0.25) is 0 Å². The number of aryl methyl sites for hydroxylation is 2. The van der Waals surface area contributed by atoms with Crippen molar-refractivity contribution in [2.75, 3.05) is 5.32 Å². The summed E-state index contributed by atoms with van der Waals surface area (Å²) in [6, 6.07) is 7.77. The Bertz CT molecular complexity index is 803. The van der Waals surface area contributed by atoms with Crippen molar-refractivity contribution in [2.24, 2.45) is 0 Å². The van der Waals surface area contributed by atoms with Gasteiger partial charge >= 0.3 is 0 Å². The summed E-state index contributed by atoms with van der Waals surface area (Å²) in [4.78, 5) is 14.6. The van der Waals surface area contributed by atoms with Crippen LogP contribution in [0.15, 0.2) is 30.5 Å². The Morgan fingerprint density at radius 2 is 2.18 bits per heavy atom. The Balaban J connectivity index is 1.81. The van der Waals surface area contributed by atoms with E-state index in [-0.39, 0.29) is 5.91 Å². The van der Waals surface area contributed by atoms with Gasteiger partial charge in [-0.3, -0.25) is 9.89 Å². The highest BCUT2D eigenvalue weighted by Gasteiger charge is 2.13. The van der Waals surface area contributed by atoms with Crippen molar-refractivity contribution >= 4 is 33.8 Å². The molecular formula is C17H19N3OS. The predicted octanol–water partition coefficient (Wildman–Crippen LogP) is 4.39. The average Bonchev–Trinajstić information content (AvgIpc) is 3.13. The van der Waals surface area contributed by atoms with Crippen LogP contribution in [-0.4, -0.2) is 16.1 Å². The van der Waals surface area contributed by atoms with Crippen molar-refractivity contribution < 1.29 is 4.79 Å². The minimum atomic E-state index is -0.0371. The first-order valence-electron chi connectivity index (χ1n) is 7.57. The number of rotatable bonds is 5. The predicted molar refractivity (Wildman–Crippen MR) is 91.7 cm³/mol. The van der Waals surface area contributed by atoms with Gasteiger partial charge in [0.15, 0.2) is 0 Å². The lowest BCUT2D eigenvalue weighted by molar-refractivity contribution is 0.103. The monoisotopic (exact) mass is 313 g/mol. The van der Waals surface area contributed by atoms with Crippen LogP contribution in [0.25, 0.3) is 10.9 Å². The number of H-pyrrole nitrogens is 1. The van der Waals surface area contributed by atoms with Crippen LogP contribution < -0.4 is 5.32 Å². The van der Waals surface area contributed by atoms with Crippen molar-refractivity contribution in [2.45, 2.75) is 33.1 Å². The van der Waals surface area contributed by atoms with Crippen molar-refractivity contribution in [3.63, 3.8) is 0 Å².